The molecule has 0 aromatic heterocycles. The third-order valence-corrected chi connectivity index (χ3v) is 1.62. The lowest BCUT2D eigenvalue weighted by molar-refractivity contribution is 0.311. The van der Waals surface area contributed by atoms with Gasteiger partial charge < -0.3 is 9.76 Å². The zero-order valence-electron chi connectivity index (χ0n) is 5.68. The Labute approximate surface area is 66.9 Å². The average Bonchev–Trinajstić information content (AvgIpc) is 2.10. The second-order valence-corrected chi connectivity index (χ2v) is 2.53. The highest BCUT2D eigenvalue weighted by molar-refractivity contribution is 7.79. The SMILES string of the molecule is NO.O=S(O)c1ccccc1. The zero-order valence-corrected chi connectivity index (χ0v) is 6.49. The number of benzene rings is 1. The molecule has 0 aliphatic rings. The van der Waals surface area contributed by atoms with E-state index >= 15 is 0 Å². The lowest BCUT2D eigenvalue weighted by atomic mass is 10.4. The summed E-state index contributed by atoms with van der Waals surface area (Å²) < 4.78 is 18.8. The quantitative estimate of drug-likeness (QED) is 0.431. The third kappa shape index (κ3) is 3.84. The smallest absolute Gasteiger partial charge is 0.186 e. The van der Waals surface area contributed by atoms with E-state index in [1.54, 1.807) is 30.3 Å². The number of hydrogen-bond acceptors (Lipinski definition) is 3. The summed E-state index contributed by atoms with van der Waals surface area (Å²) in [5, 5.41) is 6.50. The largest absolute Gasteiger partial charge is 0.320 e. The van der Waals surface area contributed by atoms with E-state index in [1.807, 2.05) is 0 Å². The van der Waals surface area contributed by atoms with Crippen LogP contribution >= 0.6 is 0 Å². The Bertz CT molecular complexity index is 214. The van der Waals surface area contributed by atoms with Crippen LogP contribution in [0.3, 0.4) is 0 Å². The Morgan fingerprint density at radius 3 is 1.91 bits per heavy atom. The van der Waals surface area contributed by atoms with Crippen LogP contribution in [0.25, 0.3) is 0 Å². The van der Waals surface area contributed by atoms with Gasteiger partial charge in [-0.15, -0.1) is 0 Å². The molecular weight excluding hydrogens is 166 g/mol. The maximum absolute atomic E-state index is 10.3. The van der Waals surface area contributed by atoms with Crippen LogP contribution in [0.15, 0.2) is 35.2 Å². The van der Waals surface area contributed by atoms with E-state index in [2.05, 4.69) is 5.90 Å². The molecule has 4 N–H and O–H groups in total. The lowest BCUT2D eigenvalue weighted by Crippen LogP contribution is -1.84. The molecule has 4 nitrogen and oxygen atoms in total. The van der Waals surface area contributed by atoms with E-state index in [9.17, 15) is 4.21 Å². The third-order valence-electron chi connectivity index (χ3n) is 0.945. The van der Waals surface area contributed by atoms with Gasteiger partial charge in [0, 0.05) is 0 Å². The van der Waals surface area contributed by atoms with Gasteiger partial charge in [0.1, 0.15) is 0 Å². The minimum absolute atomic E-state index is 0.442. The number of hydrogen-bond donors (Lipinski definition) is 3. The first kappa shape index (κ1) is 10.2. The van der Waals surface area contributed by atoms with Gasteiger partial charge in [-0.25, -0.2) is 10.1 Å². The van der Waals surface area contributed by atoms with Gasteiger partial charge in [-0.1, -0.05) is 18.2 Å². The first-order valence-corrected chi connectivity index (χ1v) is 3.83. The Hall–Kier alpha value is -0.750. The Morgan fingerprint density at radius 1 is 1.18 bits per heavy atom. The highest BCUT2D eigenvalue weighted by Crippen LogP contribution is 2.00. The summed E-state index contributed by atoms with van der Waals surface area (Å²) in [6, 6.07) is 8.47. The molecule has 0 aliphatic carbocycles. The van der Waals surface area contributed by atoms with Crippen molar-refractivity contribution in [2.45, 2.75) is 4.90 Å². The molecule has 0 aliphatic heterocycles. The maximum atomic E-state index is 10.3. The van der Waals surface area contributed by atoms with Crippen molar-refractivity contribution < 1.29 is 14.0 Å². The maximum Gasteiger partial charge on any atom is 0.186 e. The Kier molecular flexibility index (Phi) is 5.58. The molecule has 1 atom stereocenters. The standard InChI is InChI=1S/C6H6O2S.H3NO/c7-9(8)6-4-2-1-3-5-6;1-2/h1-5H,(H,7,8);2H,1H2. The predicted octanol–water partition coefficient (Wildman–Crippen LogP) is 0.601. The topological polar surface area (TPSA) is 83.5 Å². The van der Waals surface area contributed by atoms with Crippen molar-refractivity contribution in [1.82, 2.24) is 0 Å². The van der Waals surface area contributed by atoms with Crippen LogP contribution < -0.4 is 5.90 Å². The van der Waals surface area contributed by atoms with E-state index in [1.165, 1.54) is 0 Å². The van der Waals surface area contributed by atoms with Crippen molar-refractivity contribution in [3.63, 3.8) is 0 Å². The fraction of sp³-hybridized carbons (Fsp3) is 0. The summed E-state index contributed by atoms with van der Waals surface area (Å²) in [6.45, 7) is 0. The van der Waals surface area contributed by atoms with Crippen LogP contribution in [0.1, 0.15) is 0 Å². The summed E-state index contributed by atoms with van der Waals surface area (Å²) in [7, 11) is 0. The summed E-state index contributed by atoms with van der Waals surface area (Å²) >= 11 is -1.83. The van der Waals surface area contributed by atoms with Gasteiger partial charge in [-0.3, -0.25) is 0 Å². The minimum Gasteiger partial charge on any atom is -0.320 e. The second-order valence-electron chi connectivity index (χ2n) is 1.56. The fourth-order valence-electron chi connectivity index (χ4n) is 0.537. The summed E-state index contributed by atoms with van der Waals surface area (Å²) in [4.78, 5) is 0.442. The average molecular weight is 175 g/mol. The second kappa shape index (κ2) is 5.99. The molecule has 1 unspecified atom stereocenters. The van der Waals surface area contributed by atoms with Crippen molar-refractivity contribution >= 4 is 11.1 Å². The van der Waals surface area contributed by atoms with Crippen LogP contribution in [0.4, 0.5) is 0 Å². The molecule has 1 aromatic carbocycles. The molecule has 1 aromatic rings. The molecule has 0 fully saturated rings. The van der Waals surface area contributed by atoms with Gasteiger partial charge in [0.2, 0.25) is 0 Å². The molecule has 5 heteroatoms. The molecule has 1 rings (SSSR count). The number of rotatable bonds is 1. The highest BCUT2D eigenvalue weighted by atomic mass is 32.2. The van der Waals surface area contributed by atoms with Crippen LogP contribution in [0, 0.1) is 0 Å². The van der Waals surface area contributed by atoms with E-state index in [0.717, 1.165) is 0 Å². The molecule has 62 valence electrons. The summed E-state index contributed by atoms with van der Waals surface area (Å²) in [5.41, 5.74) is 0. The van der Waals surface area contributed by atoms with Crippen LogP contribution in [0.5, 0.6) is 0 Å². The first-order valence-electron chi connectivity index (χ1n) is 2.72. The van der Waals surface area contributed by atoms with Crippen LogP contribution in [-0.4, -0.2) is 14.0 Å². The molecule has 0 spiro atoms. The van der Waals surface area contributed by atoms with Gasteiger partial charge >= 0.3 is 0 Å². The van der Waals surface area contributed by atoms with Gasteiger partial charge in [0.05, 0.1) is 4.90 Å². The normalized spacial score (nSPS) is 11.2. The molecule has 0 amide bonds. The van der Waals surface area contributed by atoms with E-state index < -0.39 is 11.1 Å². The predicted molar refractivity (Wildman–Crippen MR) is 41.5 cm³/mol. The molecule has 0 saturated carbocycles. The molecule has 0 saturated heterocycles. The Morgan fingerprint density at radius 2 is 1.64 bits per heavy atom. The van der Waals surface area contributed by atoms with Gasteiger partial charge in [0.15, 0.2) is 11.1 Å². The Balaban J connectivity index is 0.000000461. The lowest BCUT2D eigenvalue weighted by Gasteiger charge is -1.89. The van der Waals surface area contributed by atoms with Crippen LogP contribution in [-0.2, 0) is 11.1 Å². The van der Waals surface area contributed by atoms with E-state index in [-0.39, 0.29) is 0 Å². The first-order chi connectivity index (χ1) is 5.30. The van der Waals surface area contributed by atoms with E-state index in [4.69, 9.17) is 9.76 Å². The van der Waals surface area contributed by atoms with Crippen molar-refractivity contribution in [2.24, 2.45) is 5.90 Å². The molecule has 0 bridgehead atoms. The highest BCUT2D eigenvalue weighted by Gasteiger charge is 1.93. The van der Waals surface area contributed by atoms with Gasteiger partial charge in [-0.05, 0) is 12.1 Å². The van der Waals surface area contributed by atoms with Crippen molar-refractivity contribution in [3.8, 4) is 0 Å². The fourth-order valence-corrected chi connectivity index (χ4v) is 0.927. The molecule has 11 heavy (non-hydrogen) atoms. The monoisotopic (exact) mass is 175 g/mol. The van der Waals surface area contributed by atoms with Crippen molar-refractivity contribution in [2.75, 3.05) is 0 Å². The van der Waals surface area contributed by atoms with Gasteiger partial charge in [-0.2, -0.15) is 0 Å². The molecule has 0 heterocycles. The summed E-state index contributed by atoms with van der Waals surface area (Å²) in [5.74, 6) is 3.50. The summed E-state index contributed by atoms with van der Waals surface area (Å²) in [6.07, 6.45) is 0. The van der Waals surface area contributed by atoms with E-state index in [0.29, 0.717) is 4.90 Å². The zero-order chi connectivity index (χ0) is 8.69. The van der Waals surface area contributed by atoms with Crippen LogP contribution in [0.2, 0.25) is 0 Å². The number of nitrogens with two attached hydrogens (primary N) is 1. The molecular formula is C6H9NO3S. The van der Waals surface area contributed by atoms with Crippen molar-refractivity contribution in [1.29, 1.82) is 0 Å². The minimum atomic E-state index is -1.83. The molecule has 0 radical (unpaired) electrons. The van der Waals surface area contributed by atoms with Crippen molar-refractivity contribution in [3.05, 3.63) is 30.3 Å². The van der Waals surface area contributed by atoms with Gasteiger partial charge in [0.25, 0.3) is 0 Å².